The number of esters is 1. The second kappa shape index (κ2) is 6.00. The van der Waals surface area contributed by atoms with Crippen molar-refractivity contribution >= 4 is 21.9 Å². The summed E-state index contributed by atoms with van der Waals surface area (Å²) in [6.07, 6.45) is 2.76. The Morgan fingerprint density at radius 1 is 1.40 bits per heavy atom. The van der Waals surface area contributed by atoms with E-state index in [4.69, 9.17) is 4.74 Å². The van der Waals surface area contributed by atoms with Crippen LogP contribution in [0.15, 0.2) is 39.9 Å². The van der Waals surface area contributed by atoms with Gasteiger partial charge in [-0.25, -0.2) is 9.18 Å². The number of hydrogen-bond donors (Lipinski definition) is 1. The third-order valence-electron chi connectivity index (χ3n) is 2.67. The number of hydrogen-bond acceptors (Lipinski definition) is 3. The Morgan fingerprint density at radius 2 is 2.15 bits per heavy atom. The van der Waals surface area contributed by atoms with Gasteiger partial charge in [0, 0.05) is 18.0 Å². The summed E-state index contributed by atoms with van der Waals surface area (Å²) in [5, 5.41) is 0. The van der Waals surface area contributed by atoms with Crippen molar-refractivity contribution in [1.82, 2.24) is 4.98 Å². The van der Waals surface area contributed by atoms with Gasteiger partial charge in [0.05, 0.1) is 11.1 Å². The minimum atomic E-state index is -0.684. The van der Waals surface area contributed by atoms with Gasteiger partial charge in [-0.05, 0) is 40.5 Å². The van der Waals surface area contributed by atoms with E-state index in [-0.39, 0.29) is 22.2 Å². The number of carbonyl (C=O) groups excluding carboxylic acids is 1. The molecule has 0 spiro atoms. The van der Waals surface area contributed by atoms with Crippen LogP contribution in [0.25, 0.3) is 11.1 Å². The summed E-state index contributed by atoms with van der Waals surface area (Å²) in [5.41, 5.74) is 0.243. The van der Waals surface area contributed by atoms with Crippen LogP contribution < -0.4 is 5.43 Å². The molecule has 0 aliphatic rings. The van der Waals surface area contributed by atoms with Crippen molar-refractivity contribution < 1.29 is 13.9 Å². The lowest BCUT2D eigenvalue weighted by atomic mass is 10.1. The molecule has 0 fully saturated rings. The van der Waals surface area contributed by atoms with E-state index in [0.29, 0.717) is 5.56 Å². The van der Waals surface area contributed by atoms with Gasteiger partial charge in [0.15, 0.2) is 0 Å². The standard InChI is InChI=1S/C14H11BrFNO3/c1-2-20-14(19)10-7-17-6-9(13(10)18)8-3-4-12(16)11(15)5-8/h3-7H,2H2,1H3,(H,17,18). The van der Waals surface area contributed by atoms with Crippen LogP contribution in [0.1, 0.15) is 17.3 Å². The van der Waals surface area contributed by atoms with E-state index < -0.39 is 17.2 Å². The summed E-state index contributed by atoms with van der Waals surface area (Å²) < 4.78 is 18.3. The highest BCUT2D eigenvalue weighted by Crippen LogP contribution is 2.23. The van der Waals surface area contributed by atoms with Crippen molar-refractivity contribution in [1.29, 1.82) is 0 Å². The number of H-pyrrole nitrogens is 1. The van der Waals surface area contributed by atoms with E-state index >= 15 is 0 Å². The quantitative estimate of drug-likeness (QED) is 0.874. The summed E-state index contributed by atoms with van der Waals surface area (Å²) in [7, 11) is 0. The van der Waals surface area contributed by atoms with Crippen molar-refractivity contribution in [2.75, 3.05) is 6.61 Å². The average Bonchev–Trinajstić information content (AvgIpc) is 2.42. The van der Waals surface area contributed by atoms with Gasteiger partial charge >= 0.3 is 5.97 Å². The Bertz CT molecular complexity index is 712. The topological polar surface area (TPSA) is 59.2 Å². The fourth-order valence-electron chi connectivity index (χ4n) is 1.72. The zero-order chi connectivity index (χ0) is 14.7. The summed E-state index contributed by atoms with van der Waals surface area (Å²) in [6.45, 7) is 1.84. The minimum absolute atomic E-state index is 0.0789. The first kappa shape index (κ1) is 14.5. The smallest absolute Gasteiger partial charge is 0.343 e. The van der Waals surface area contributed by atoms with E-state index in [1.807, 2.05) is 0 Å². The van der Waals surface area contributed by atoms with Crippen molar-refractivity contribution in [3.8, 4) is 11.1 Å². The zero-order valence-corrected chi connectivity index (χ0v) is 12.2. The molecule has 0 unspecified atom stereocenters. The Kier molecular flexibility index (Phi) is 4.34. The van der Waals surface area contributed by atoms with Crippen LogP contribution >= 0.6 is 15.9 Å². The predicted molar refractivity (Wildman–Crippen MR) is 76.1 cm³/mol. The van der Waals surface area contributed by atoms with Gasteiger partial charge < -0.3 is 9.72 Å². The van der Waals surface area contributed by atoms with Crippen molar-refractivity contribution in [3.05, 3.63) is 56.7 Å². The highest BCUT2D eigenvalue weighted by Gasteiger charge is 2.15. The lowest BCUT2D eigenvalue weighted by Crippen LogP contribution is -2.19. The van der Waals surface area contributed by atoms with Gasteiger partial charge in [-0.2, -0.15) is 0 Å². The molecule has 1 heterocycles. The van der Waals surface area contributed by atoms with Gasteiger partial charge in [-0.15, -0.1) is 0 Å². The monoisotopic (exact) mass is 339 g/mol. The molecule has 1 aromatic carbocycles. The summed E-state index contributed by atoms with van der Waals surface area (Å²) in [4.78, 5) is 26.6. The number of halogens is 2. The lowest BCUT2D eigenvalue weighted by molar-refractivity contribution is 0.0524. The average molecular weight is 340 g/mol. The molecular weight excluding hydrogens is 329 g/mol. The molecule has 0 saturated heterocycles. The maximum atomic E-state index is 13.2. The molecule has 0 aliphatic carbocycles. The molecule has 1 N–H and O–H groups in total. The number of ether oxygens (including phenoxy) is 1. The predicted octanol–water partition coefficient (Wildman–Crippen LogP) is 3.12. The number of aromatic nitrogens is 1. The molecule has 0 radical (unpaired) electrons. The number of benzene rings is 1. The van der Waals surface area contributed by atoms with Gasteiger partial charge in [0.1, 0.15) is 11.4 Å². The van der Waals surface area contributed by atoms with E-state index in [1.165, 1.54) is 30.6 Å². The molecule has 0 atom stereocenters. The summed E-state index contributed by atoms with van der Waals surface area (Å²) in [5.74, 6) is -1.11. The van der Waals surface area contributed by atoms with Gasteiger partial charge in [-0.3, -0.25) is 4.79 Å². The van der Waals surface area contributed by atoms with Gasteiger partial charge in [0.2, 0.25) is 5.43 Å². The molecule has 0 amide bonds. The summed E-state index contributed by atoms with van der Waals surface area (Å²) in [6, 6.07) is 4.20. The highest BCUT2D eigenvalue weighted by atomic mass is 79.9. The fraction of sp³-hybridized carbons (Fsp3) is 0.143. The van der Waals surface area contributed by atoms with E-state index in [1.54, 1.807) is 6.92 Å². The Morgan fingerprint density at radius 3 is 2.80 bits per heavy atom. The molecular formula is C14H11BrFNO3. The van der Waals surface area contributed by atoms with Crippen LogP contribution in [0.4, 0.5) is 4.39 Å². The molecule has 2 rings (SSSR count). The normalized spacial score (nSPS) is 10.3. The number of carbonyl (C=O) groups is 1. The highest BCUT2D eigenvalue weighted by molar-refractivity contribution is 9.10. The van der Waals surface area contributed by atoms with Crippen LogP contribution in [0, 0.1) is 5.82 Å². The molecule has 1 aromatic heterocycles. The first-order valence-electron chi connectivity index (χ1n) is 5.88. The Labute approximate surface area is 122 Å². The number of rotatable bonds is 3. The fourth-order valence-corrected chi connectivity index (χ4v) is 2.10. The second-order valence-electron chi connectivity index (χ2n) is 3.96. The lowest BCUT2D eigenvalue weighted by Gasteiger charge is -2.05. The van der Waals surface area contributed by atoms with Crippen LogP contribution in [0.2, 0.25) is 0 Å². The second-order valence-corrected chi connectivity index (χ2v) is 4.82. The molecule has 20 heavy (non-hydrogen) atoms. The Hall–Kier alpha value is -1.95. The molecule has 0 saturated carbocycles. The first-order chi connectivity index (χ1) is 9.54. The molecule has 4 nitrogen and oxygen atoms in total. The molecule has 6 heteroatoms. The van der Waals surface area contributed by atoms with E-state index in [2.05, 4.69) is 20.9 Å². The van der Waals surface area contributed by atoms with E-state index in [9.17, 15) is 14.0 Å². The molecule has 0 bridgehead atoms. The third-order valence-corrected chi connectivity index (χ3v) is 3.28. The number of pyridine rings is 1. The first-order valence-corrected chi connectivity index (χ1v) is 6.67. The van der Waals surface area contributed by atoms with Crippen LogP contribution in [0.5, 0.6) is 0 Å². The number of nitrogens with one attached hydrogen (secondary N) is 1. The maximum absolute atomic E-state index is 13.2. The molecule has 2 aromatic rings. The van der Waals surface area contributed by atoms with Crippen molar-refractivity contribution in [3.63, 3.8) is 0 Å². The Balaban J connectivity index is 2.53. The minimum Gasteiger partial charge on any atom is -0.462 e. The van der Waals surface area contributed by atoms with Crippen LogP contribution in [-0.2, 0) is 4.74 Å². The van der Waals surface area contributed by atoms with Gasteiger partial charge in [-0.1, -0.05) is 6.07 Å². The molecule has 0 aliphatic heterocycles. The SMILES string of the molecule is CCOC(=O)c1c[nH]cc(-c2ccc(F)c(Br)c2)c1=O. The largest absolute Gasteiger partial charge is 0.462 e. The van der Waals surface area contributed by atoms with Crippen LogP contribution in [0.3, 0.4) is 0 Å². The van der Waals surface area contributed by atoms with Crippen molar-refractivity contribution in [2.24, 2.45) is 0 Å². The van der Waals surface area contributed by atoms with Crippen LogP contribution in [-0.4, -0.2) is 17.6 Å². The van der Waals surface area contributed by atoms with E-state index in [0.717, 1.165) is 0 Å². The van der Waals surface area contributed by atoms with Crippen molar-refractivity contribution in [2.45, 2.75) is 6.92 Å². The number of aromatic amines is 1. The maximum Gasteiger partial charge on any atom is 0.343 e. The summed E-state index contributed by atoms with van der Waals surface area (Å²) >= 11 is 3.06. The third kappa shape index (κ3) is 2.80. The van der Waals surface area contributed by atoms with Gasteiger partial charge in [0.25, 0.3) is 0 Å². The zero-order valence-electron chi connectivity index (χ0n) is 10.6. The molecule has 104 valence electrons.